The van der Waals surface area contributed by atoms with Gasteiger partial charge in [-0.25, -0.2) is 9.13 Å². The van der Waals surface area contributed by atoms with Crippen LogP contribution < -0.4 is 33.9 Å². The lowest BCUT2D eigenvalue weighted by atomic mass is 10.1. The van der Waals surface area contributed by atoms with Gasteiger partial charge in [-0.15, -0.1) is 0 Å². The van der Waals surface area contributed by atoms with Crippen LogP contribution in [-0.2, 0) is 35.5 Å². The summed E-state index contributed by atoms with van der Waals surface area (Å²) in [4.78, 5) is 0. The lowest BCUT2D eigenvalue weighted by molar-refractivity contribution is -0.743. The van der Waals surface area contributed by atoms with Crippen molar-refractivity contribution in [2.45, 2.75) is 38.1 Å². The minimum absolute atomic E-state index is 0. The van der Waals surface area contributed by atoms with Gasteiger partial charge in [0.15, 0.2) is 0 Å². The molecule has 8 nitrogen and oxygen atoms in total. The molecule has 0 bridgehead atoms. The highest BCUT2D eigenvalue weighted by Crippen LogP contribution is 2.19. The zero-order valence-corrected chi connectivity index (χ0v) is 23.4. The van der Waals surface area contributed by atoms with Crippen molar-refractivity contribution in [2.24, 2.45) is 0 Å². The molecule has 2 aliphatic rings. The number of nitrogens with zero attached hydrogens (tertiary/aromatic N) is 6. The van der Waals surface area contributed by atoms with Crippen LogP contribution in [-0.4, -0.2) is 32.8 Å². The first-order chi connectivity index (χ1) is 18.8. The van der Waals surface area contributed by atoms with Crippen molar-refractivity contribution >= 4 is 0 Å². The van der Waals surface area contributed by atoms with Crippen molar-refractivity contribution < 1.29 is 43.4 Å². The third kappa shape index (κ3) is 5.67. The standard InChI is InChI=1S/C30H30N6O2.2ClH/c1-3-8-23(9-4-1)14-27-17-37-19-29-31-35(21-33(27)29)25-12-7-13-26(16-25)36-22-34-28(18-38-20-30(34)32-36)15-24-10-5-2-6-11-24;;/h1-13,16,21-22,27-28H,14-15,17-20H2;2*1H/q+2;;/p-2/t27-,28-;;/m0../s1. The predicted molar refractivity (Wildman–Crippen MR) is 139 cm³/mol. The predicted octanol–water partition coefficient (Wildman–Crippen LogP) is -2.73. The Hall–Kier alpha value is -3.56. The molecule has 0 radical (unpaired) electrons. The van der Waals surface area contributed by atoms with Crippen molar-refractivity contribution in [3.8, 4) is 11.4 Å². The number of halogens is 2. The summed E-state index contributed by atoms with van der Waals surface area (Å²) >= 11 is 0. The molecule has 40 heavy (non-hydrogen) atoms. The van der Waals surface area contributed by atoms with E-state index in [4.69, 9.17) is 19.7 Å². The second kappa shape index (κ2) is 12.3. The van der Waals surface area contributed by atoms with E-state index in [-0.39, 0.29) is 36.9 Å². The van der Waals surface area contributed by atoms with E-state index < -0.39 is 0 Å². The number of hydrogen-bond acceptors (Lipinski definition) is 4. The molecule has 0 amide bonds. The summed E-state index contributed by atoms with van der Waals surface area (Å²) in [6, 6.07) is 29.9. The van der Waals surface area contributed by atoms with Gasteiger partial charge in [0.25, 0.3) is 0 Å². The van der Waals surface area contributed by atoms with Gasteiger partial charge in [-0.2, -0.15) is 0 Å². The highest BCUT2D eigenvalue weighted by Gasteiger charge is 2.32. The molecule has 0 aliphatic carbocycles. The van der Waals surface area contributed by atoms with Gasteiger partial charge in [-0.3, -0.25) is 0 Å². The van der Waals surface area contributed by atoms with E-state index in [1.807, 2.05) is 9.36 Å². The Balaban J connectivity index is 0.00000161. The third-order valence-electron chi connectivity index (χ3n) is 7.37. The van der Waals surface area contributed by atoms with Crippen molar-refractivity contribution in [1.29, 1.82) is 0 Å². The summed E-state index contributed by atoms with van der Waals surface area (Å²) in [5.74, 6) is 1.88. The average molecular weight is 578 g/mol. The highest BCUT2D eigenvalue weighted by molar-refractivity contribution is 5.42. The molecule has 2 aliphatic heterocycles. The van der Waals surface area contributed by atoms with Crippen LogP contribution in [0.25, 0.3) is 11.4 Å². The Morgan fingerprint density at radius 2 is 1.07 bits per heavy atom. The maximum Gasteiger partial charge on any atom is 0.304 e. The number of ether oxygens (including phenoxy) is 2. The summed E-state index contributed by atoms with van der Waals surface area (Å²) in [5, 5.41) is 9.74. The largest absolute Gasteiger partial charge is 1.00 e. The molecule has 0 N–H and O–H groups in total. The molecule has 206 valence electrons. The van der Waals surface area contributed by atoms with Crippen LogP contribution in [0, 0.1) is 0 Å². The van der Waals surface area contributed by atoms with Crippen molar-refractivity contribution in [3.05, 3.63) is 120 Å². The highest BCUT2D eigenvalue weighted by atomic mass is 35.5. The molecule has 2 atom stereocenters. The molecule has 10 heteroatoms. The van der Waals surface area contributed by atoms with Gasteiger partial charge in [0.05, 0.1) is 13.2 Å². The third-order valence-corrected chi connectivity index (χ3v) is 7.37. The van der Waals surface area contributed by atoms with Crippen LogP contribution >= 0.6 is 0 Å². The van der Waals surface area contributed by atoms with Gasteiger partial charge in [0.2, 0.25) is 12.7 Å². The minimum Gasteiger partial charge on any atom is -1.00 e. The average Bonchev–Trinajstić information content (AvgIpc) is 3.61. The fraction of sp³-hybridized carbons (Fsp3) is 0.267. The first-order valence-corrected chi connectivity index (χ1v) is 13.1. The van der Waals surface area contributed by atoms with Gasteiger partial charge in [0.1, 0.15) is 36.7 Å². The molecule has 5 aromatic rings. The second-order valence-corrected chi connectivity index (χ2v) is 10.0. The number of rotatable bonds is 6. The van der Waals surface area contributed by atoms with Crippen molar-refractivity contribution in [3.63, 3.8) is 0 Å². The number of hydrogen-bond donors (Lipinski definition) is 0. The Kier molecular flexibility index (Phi) is 8.61. The van der Waals surface area contributed by atoms with Gasteiger partial charge >= 0.3 is 11.6 Å². The molecule has 0 spiro atoms. The summed E-state index contributed by atoms with van der Waals surface area (Å²) in [6.45, 7) is 2.40. The van der Waals surface area contributed by atoms with E-state index >= 15 is 0 Å². The van der Waals surface area contributed by atoms with Gasteiger partial charge < -0.3 is 34.3 Å². The maximum atomic E-state index is 5.90. The summed E-state index contributed by atoms with van der Waals surface area (Å²) < 4.78 is 20.2. The fourth-order valence-corrected chi connectivity index (χ4v) is 5.44. The maximum absolute atomic E-state index is 5.90. The number of aromatic nitrogens is 6. The van der Waals surface area contributed by atoms with Gasteiger partial charge in [-0.05, 0) is 23.3 Å². The van der Waals surface area contributed by atoms with E-state index in [2.05, 4.69) is 107 Å². The first-order valence-electron chi connectivity index (χ1n) is 13.1. The van der Waals surface area contributed by atoms with Crippen LogP contribution in [0.1, 0.15) is 34.9 Å². The van der Waals surface area contributed by atoms with Crippen LogP contribution in [0.15, 0.2) is 97.6 Å². The lowest BCUT2D eigenvalue weighted by Crippen LogP contribution is -3.00. The Labute approximate surface area is 245 Å². The summed E-state index contributed by atoms with van der Waals surface area (Å²) in [5.41, 5.74) is 4.56. The van der Waals surface area contributed by atoms with E-state index in [0.717, 1.165) is 35.9 Å². The quantitative estimate of drug-likeness (QED) is 0.206. The second-order valence-electron chi connectivity index (χ2n) is 10.0. The van der Waals surface area contributed by atoms with E-state index in [0.29, 0.717) is 26.4 Å². The minimum atomic E-state index is 0. The Morgan fingerprint density at radius 1 is 0.625 bits per heavy atom. The number of fused-ring (bicyclic) bond motifs is 2. The summed E-state index contributed by atoms with van der Waals surface area (Å²) in [7, 11) is 0. The molecule has 0 fully saturated rings. The van der Waals surface area contributed by atoms with Crippen molar-refractivity contribution in [1.82, 2.24) is 19.6 Å². The molecule has 2 aromatic heterocycles. The number of benzene rings is 3. The molecule has 0 saturated heterocycles. The molecule has 0 saturated carbocycles. The smallest absolute Gasteiger partial charge is 0.304 e. The zero-order chi connectivity index (χ0) is 25.3. The normalized spacial score (nSPS) is 17.7. The molecule has 4 heterocycles. The molecule has 3 aromatic carbocycles. The topological polar surface area (TPSA) is 61.9 Å². The lowest BCUT2D eigenvalue weighted by Gasteiger charge is -2.19. The monoisotopic (exact) mass is 576 g/mol. The zero-order valence-electron chi connectivity index (χ0n) is 21.9. The first kappa shape index (κ1) is 28.0. The van der Waals surface area contributed by atoms with E-state index in [9.17, 15) is 0 Å². The van der Waals surface area contributed by atoms with Crippen LogP contribution in [0.3, 0.4) is 0 Å². The molecule has 0 unspecified atom stereocenters. The van der Waals surface area contributed by atoms with E-state index in [1.165, 1.54) is 11.1 Å². The van der Waals surface area contributed by atoms with Crippen LogP contribution in [0.5, 0.6) is 0 Å². The van der Waals surface area contributed by atoms with Gasteiger partial charge in [-0.1, -0.05) is 76.1 Å². The van der Waals surface area contributed by atoms with E-state index in [1.54, 1.807) is 0 Å². The molecule has 7 rings (SSSR count). The van der Waals surface area contributed by atoms with Crippen LogP contribution in [0.4, 0.5) is 0 Å². The molecular formula is C30H30Cl2N6O2. The SMILES string of the molecule is [Cl-].[Cl-].c1ccc(C[C@H]2COCc3nn(-c4cccc(-n5c[n+]6c(n5)COC[C@@H]6Cc5ccccc5)c4)c[n+]32)cc1. The molecular weight excluding hydrogens is 547 g/mol. The Morgan fingerprint density at radius 3 is 1.52 bits per heavy atom. The van der Waals surface area contributed by atoms with Crippen LogP contribution in [0.2, 0.25) is 0 Å². The summed E-state index contributed by atoms with van der Waals surface area (Å²) in [6.07, 6.45) is 6.01. The van der Waals surface area contributed by atoms with Gasteiger partial charge in [0, 0.05) is 29.1 Å². The van der Waals surface area contributed by atoms with Crippen molar-refractivity contribution in [2.75, 3.05) is 13.2 Å². The Bertz CT molecular complexity index is 1440. The fourth-order valence-electron chi connectivity index (χ4n) is 5.44.